The minimum absolute atomic E-state index is 0.201. The number of halogens is 1. The van der Waals surface area contributed by atoms with Crippen molar-refractivity contribution in [2.45, 2.75) is 0 Å². The van der Waals surface area contributed by atoms with Crippen molar-refractivity contribution >= 4 is 22.6 Å². The van der Waals surface area contributed by atoms with E-state index in [2.05, 4.69) is 15.3 Å². The van der Waals surface area contributed by atoms with Gasteiger partial charge >= 0.3 is 0 Å². The lowest BCUT2D eigenvalue weighted by Crippen LogP contribution is -1.97. The summed E-state index contributed by atoms with van der Waals surface area (Å²) in [6, 6.07) is 9.55. The molecule has 0 saturated heterocycles. The third-order valence-electron chi connectivity index (χ3n) is 4.22. The van der Waals surface area contributed by atoms with Crippen LogP contribution in [0.15, 0.2) is 42.7 Å². The zero-order chi connectivity index (χ0) is 17.0. The van der Waals surface area contributed by atoms with Gasteiger partial charge in [-0.2, -0.15) is 0 Å². The number of nitrogens with zero attached hydrogens (tertiary/aromatic N) is 5. The lowest BCUT2D eigenvalue weighted by Gasteiger charge is -2.10. The molecule has 3 heterocycles. The molecule has 2 aromatic carbocycles. The summed E-state index contributed by atoms with van der Waals surface area (Å²) in [4.78, 5) is 4.48. The van der Waals surface area contributed by atoms with Crippen molar-refractivity contribution in [3.63, 3.8) is 0 Å². The van der Waals surface area contributed by atoms with E-state index >= 15 is 0 Å². The predicted molar refractivity (Wildman–Crippen MR) is 92.2 cm³/mol. The topological polar surface area (TPSA) is 67.0 Å². The minimum atomic E-state index is 0.201. The molecule has 0 radical (unpaired) electrons. The fourth-order valence-corrected chi connectivity index (χ4v) is 3.22. The largest absolute Gasteiger partial charge is 0.454 e. The van der Waals surface area contributed by atoms with Gasteiger partial charge in [-0.25, -0.2) is 9.67 Å². The molecule has 25 heavy (non-hydrogen) atoms. The van der Waals surface area contributed by atoms with Crippen molar-refractivity contribution in [2.24, 2.45) is 7.05 Å². The van der Waals surface area contributed by atoms with Crippen LogP contribution in [-0.4, -0.2) is 31.3 Å². The summed E-state index contributed by atoms with van der Waals surface area (Å²) in [7, 11) is 1.87. The molecule has 0 N–H and O–H groups in total. The van der Waals surface area contributed by atoms with Gasteiger partial charge in [0.2, 0.25) is 6.79 Å². The monoisotopic (exact) mass is 353 g/mol. The van der Waals surface area contributed by atoms with Gasteiger partial charge in [0.25, 0.3) is 0 Å². The molecule has 124 valence electrons. The maximum Gasteiger partial charge on any atom is 0.231 e. The van der Waals surface area contributed by atoms with E-state index in [1.807, 2.05) is 42.1 Å². The van der Waals surface area contributed by atoms with Crippen LogP contribution in [0.4, 0.5) is 0 Å². The molecule has 1 aliphatic heterocycles. The standard InChI is InChI=1S/C17H12ClN5O2/c1-22-14-3-2-10(6-13(14)20-21-22)23-5-4-19-17(23)11-7-15-16(8-12(11)18)25-9-24-15/h2-8H,9H2,1H3. The summed E-state index contributed by atoms with van der Waals surface area (Å²) in [5, 5.41) is 8.77. The van der Waals surface area contributed by atoms with Crippen LogP contribution < -0.4 is 9.47 Å². The number of aryl methyl sites for hydroxylation is 1. The molecule has 4 aromatic rings. The second kappa shape index (κ2) is 5.22. The lowest BCUT2D eigenvalue weighted by molar-refractivity contribution is 0.174. The first-order valence-corrected chi connectivity index (χ1v) is 8.01. The predicted octanol–water partition coefficient (Wildman–Crippen LogP) is 3.20. The van der Waals surface area contributed by atoms with Gasteiger partial charge in [-0.05, 0) is 24.3 Å². The van der Waals surface area contributed by atoms with Gasteiger partial charge in [-0.15, -0.1) is 5.10 Å². The smallest absolute Gasteiger partial charge is 0.231 e. The molecule has 0 saturated carbocycles. The Morgan fingerprint density at radius 1 is 1.12 bits per heavy atom. The second-order valence-electron chi connectivity index (χ2n) is 5.69. The Morgan fingerprint density at radius 3 is 2.84 bits per heavy atom. The highest BCUT2D eigenvalue weighted by Crippen LogP contribution is 2.40. The van der Waals surface area contributed by atoms with Crippen molar-refractivity contribution in [1.29, 1.82) is 0 Å². The lowest BCUT2D eigenvalue weighted by atomic mass is 10.1. The zero-order valence-electron chi connectivity index (χ0n) is 13.2. The first kappa shape index (κ1) is 14.3. The summed E-state index contributed by atoms with van der Waals surface area (Å²) in [6.45, 7) is 0.201. The number of aromatic nitrogens is 5. The van der Waals surface area contributed by atoms with E-state index in [1.54, 1.807) is 16.9 Å². The molecule has 7 nitrogen and oxygen atoms in total. The maximum absolute atomic E-state index is 6.44. The molecule has 0 amide bonds. The molecule has 0 atom stereocenters. The van der Waals surface area contributed by atoms with E-state index in [0.29, 0.717) is 22.3 Å². The van der Waals surface area contributed by atoms with E-state index in [4.69, 9.17) is 21.1 Å². The number of imidazole rings is 1. The Labute approximate surface area is 147 Å². The molecule has 0 bridgehead atoms. The molecule has 0 fully saturated rings. The quantitative estimate of drug-likeness (QED) is 0.553. The van der Waals surface area contributed by atoms with E-state index in [0.717, 1.165) is 22.3 Å². The molecular weight excluding hydrogens is 342 g/mol. The van der Waals surface area contributed by atoms with Gasteiger partial charge in [-0.3, -0.25) is 4.57 Å². The molecule has 5 rings (SSSR count). The summed E-state index contributed by atoms with van der Waals surface area (Å²) in [5.74, 6) is 2.03. The summed E-state index contributed by atoms with van der Waals surface area (Å²) >= 11 is 6.44. The number of rotatable bonds is 2. The van der Waals surface area contributed by atoms with Crippen LogP contribution in [0.5, 0.6) is 11.5 Å². The van der Waals surface area contributed by atoms with E-state index in [1.165, 1.54) is 0 Å². The van der Waals surface area contributed by atoms with Crippen LogP contribution in [0.3, 0.4) is 0 Å². The maximum atomic E-state index is 6.44. The molecule has 0 unspecified atom stereocenters. The summed E-state index contributed by atoms with van der Waals surface area (Å²) in [6.07, 6.45) is 3.62. The average molecular weight is 354 g/mol. The van der Waals surface area contributed by atoms with Crippen molar-refractivity contribution in [3.05, 3.63) is 47.7 Å². The third-order valence-corrected chi connectivity index (χ3v) is 4.53. The molecule has 1 aliphatic rings. The highest BCUT2D eigenvalue weighted by atomic mass is 35.5. The number of fused-ring (bicyclic) bond motifs is 2. The first-order chi connectivity index (χ1) is 12.2. The van der Waals surface area contributed by atoms with Crippen molar-refractivity contribution in [3.8, 4) is 28.6 Å². The fraction of sp³-hybridized carbons (Fsp3) is 0.118. The average Bonchev–Trinajstić information content (AvgIpc) is 3.33. The highest BCUT2D eigenvalue weighted by Gasteiger charge is 2.20. The van der Waals surface area contributed by atoms with Crippen molar-refractivity contribution in [2.75, 3.05) is 6.79 Å². The van der Waals surface area contributed by atoms with Crippen LogP contribution in [0.25, 0.3) is 28.1 Å². The van der Waals surface area contributed by atoms with Gasteiger partial charge < -0.3 is 9.47 Å². The van der Waals surface area contributed by atoms with E-state index in [-0.39, 0.29) is 6.79 Å². The SMILES string of the molecule is Cn1nnc2cc(-n3ccnc3-c3cc4c(cc3Cl)OCO4)ccc21. The van der Waals surface area contributed by atoms with Crippen molar-refractivity contribution in [1.82, 2.24) is 24.5 Å². The van der Waals surface area contributed by atoms with E-state index in [9.17, 15) is 0 Å². The minimum Gasteiger partial charge on any atom is -0.454 e. The highest BCUT2D eigenvalue weighted by molar-refractivity contribution is 6.33. The number of benzene rings is 2. The zero-order valence-corrected chi connectivity index (χ0v) is 13.9. The molecule has 0 spiro atoms. The summed E-state index contributed by atoms with van der Waals surface area (Å²) < 4.78 is 14.5. The van der Waals surface area contributed by atoms with Gasteiger partial charge in [-0.1, -0.05) is 16.8 Å². The van der Waals surface area contributed by atoms with Gasteiger partial charge in [0, 0.05) is 36.8 Å². The number of hydrogen-bond donors (Lipinski definition) is 0. The Kier molecular flexibility index (Phi) is 2.98. The van der Waals surface area contributed by atoms with Gasteiger partial charge in [0.05, 0.1) is 10.5 Å². The molecule has 2 aromatic heterocycles. The third kappa shape index (κ3) is 2.16. The van der Waals surface area contributed by atoms with Crippen LogP contribution in [0.2, 0.25) is 5.02 Å². The normalized spacial score (nSPS) is 12.9. The molecule has 0 aliphatic carbocycles. The molecular formula is C17H12ClN5O2. The Balaban J connectivity index is 1.66. The molecule has 8 heteroatoms. The Hall–Kier alpha value is -3.06. The van der Waals surface area contributed by atoms with Crippen LogP contribution in [0.1, 0.15) is 0 Å². The van der Waals surface area contributed by atoms with Crippen LogP contribution >= 0.6 is 11.6 Å². The van der Waals surface area contributed by atoms with Gasteiger partial charge in [0.1, 0.15) is 11.3 Å². The Morgan fingerprint density at radius 2 is 1.96 bits per heavy atom. The van der Waals surface area contributed by atoms with Gasteiger partial charge in [0.15, 0.2) is 11.5 Å². The Bertz CT molecular complexity index is 1120. The fourth-order valence-electron chi connectivity index (χ4n) is 2.98. The van der Waals surface area contributed by atoms with E-state index < -0.39 is 0 Å². The first-order valence-electron chi connectivity index (χ1n) is 7.63. The van der Waals surface area contributed by atoms with Crippen LogP contribution in [-0.2, 0) is 7.05 Å². The van der Waals surface area contributed by atoms with Crippen LogP contribution in [0, 0.1) is 0 Å². The number of hydrogen-bond acceptors (Lipinski definition) is 5. The van der Waals surface area contributed by atoms with Crippen molar-refractivity contribution < 1.29 is 9.47 Å². The second-order valence-corrected chi connectivity index (χ2v) is 6.10. The summed E-state index contributed by atoms with van der Waals surface area (Å²) in [5.41, 5.74) is 3.48. The number of ether oxygens (including phenoxy) is 2.